The lowest BCUT2D eigenvalue weighted by atomic mass is 10.0. The van der Waals surface area contributed by atoms with Gasteiger partial charge < -0.3 is 19.1 Å². The zero-order valence-corrected chi connectivity index (χ0v) is 20.8. The molecule has 0 spiro atoms. The molecule has 2 heterocycles. The van der Waals surface area contributed by atoms with E-state index in [1.54, 1.807) is 37.6 Å². The normalized spacial score (nSPS) is 11.1. The van der Waals surface area contributed by atoms with Crippen molar-refractivity contribution in [2.24, 2.45) is 0 Å². The predicted molar refractivity (Wildman–Crippen MR) is 142 cm³/mol. The zero-order chi connectivity index (χ0) is 26.5. The maximum atomic E-state index is 15.4. The van der Waals surface area contributed by atoms with Crippen molar-refractivity contribution < 1.29 is 23.8 Å². The molecule has 192 valence electrons. The Morgan fingerprint density at radius 1 is 1.03 bits per heavy atom. The van der Waals surface area contributed by atoms with Gasteiger partial charge in [0.1, 0.15) is 18.2 Å². The monoisotopic (exact) mass is 511 g/mol. The molecule has 0 unspecified atom stereocenters. The number of hydrogen-bond donors (Lipinski definition) is 1. The molecule has 0 aliphatic rings. The fraction of sp³-hybridized carbons (Fsp3) is 0.167. The summed E-state index contributed by atoms with van der Waals surface area (Å²) in [4.78, 5) is 20.5. The van der Waals surface area contributed by atoms with Crippen molar-refractivity contribution in [2.45, 2.75) is 19.6 Å². The minimum Gasteiger partial charge on any atom is -0.478 e. The van der Waals surface area contributed by atoms with Crippen LogP contribution in [-0.2, 0) is 24.3 Å². The van der Waals surface area contributed by atoms with Crippen molar-refractivity contribution in [3.05, 3.63) is 113 Å². The van der Waals surface area contributed by atoms with Gasteiger partial charge in [-0.2, -0.15) is 0 Å². The van der Waals surface area contributed by atoms with Gasteiger partial charge >= 0.3 is 5.97 Å². The number of rotatable bonds is 10. The lowest BCUT2D eigenvalue weighted by Gasteiger charge is -2.12. The smallest absolute Gasteiger partial charge is 0.335 e. The maximum Gasteiger partial charge on any atom is 0.335 e. The SMILES string of the molecule is COCCn1c(Cc2ccc(-c3cccnc3OCc3ccccc3)cc2F)nc2ccc(C(=O)O)cc21. The van der Waals surface area contributed by atoms with Gasteiger partial charge in [0.25, 0.3) is 0 Å². The summed E-state index contributed by atoms with van der Waals surface area (Å²) < 4.78 is 28.5. The first-order chi connectivity index (χ1) is 18.5. The molecular formula is C30H26FN3O4. The van der Waals surface area contributed by atoms with E-state index in [0.29, 0.717) is 59.2 Å². The number of halogens is 1. The van der Waals surface area contributed by atoms with Crippen molar-refractivity contribution in [1.29, 1.82) is 0 Å². The molecular weight excluding hydrogens is 485 g/mol. The van der Waals surface area contributed by atoms with E-state index >= 15 is 4.39 Å². The summed E-state index contributed by atoms with van der Waals surface area (Å²) in [6, 6.07) is 23.3. The standard InChI is InChI=1S/C30H26FN3O4/c1-37-15-14-34-27-17-23(30(35)36)11-12-26(27)33-28(34)18-22-10-9-21(16-25(22)31)24-8-5-13-32-29(24)38-19-20-6-3-2-4-7-20/h2-13,16-17H,14-15,18-19H2,1H3,(H,35,36). The summed E-state index contributed by atoms with van der Waals surface area (Å²) in [5.41, 5.74) is 4.32. The zero-order valence-electron chi connectivity index (χ0n) is 20.8. The van der Waals surface area contributed by atoms with Crippen molar-refractivity contribution in [3.8, 4) is 17.0 Å². The summed E-state index contributed by atoms with van der Waals surface area (Å²) >= 11 is 0. The molecule has 38 heavy (non-hydrogen) atoms. The van der Waals surface area contributed by atoms with Gasteiger partial charge in [0.05, 0.1) is 23.2 Å². The minimum absolute atomic E-state index is 0.167. The molecule has 0 radical (unpaired) electrons. The van der Waals surface area contributed by atoms with Crippen LogP contribution < -0.4 is 4.74 Å². The van der Waals surface area contributed by atoms with Crippen LogP contribution in [-0.4, -0.2) is 39.3 Å². The number of pyridine rings is 1. The number of benzene rings is 3. The van der Waals surface area contributed by atoms with Crippen LogP contribution >= 0.6 is 0 Å². The van der Waals surface area contributed by atoms with Gasteiger partial charge in [-0.3, -0.25) is 0 Å². The number of aromatic carboxylic acids is 1. The molecule has 0 aliphatic carbocycles. The topological polar surface area (TPSA) is 86.5 Å². The summed E-state index contributed by atoms with van der Waals surface area (Å²) in [5, 5.41) is 9.40. The van der Waals surface area contributed by atoms with E-state index in [2.05, 4.69) is 9.97 Å². The summed E-state index contributed by atoms with van der Waals surface area (Å²) in [5.74, 6) is -0.340. The highest BCUT2D eigenvalue weighted by molar-refractivity contribution is 5.92. The van der Waals surface area contributed by atoms with E-state index in [1.165, 1.54) is 12.1 Å². The van der Waals surface area contributed by atoms with Crippen LogP contribution in [0, 0.1) is 5.82 Å². The number of ether oxygens (including phenoxy) is 2. The lowest BCUT2D eigenvalue weighted by molar-refractivity contribution is 0.0697. The van der Waals surface area contributed by atoms with Crippen LogP contribution in [0.25, 0.3) is 22.2 Å². The van der Waals surface area contributed by atoms with Crippen LogP contribution in [0.2, 0.25) is 0 Å². The number of imidazole rings is 1. The highest BCUT2D eigenvalue weighted by Gasteiger charge is 2.17. The molecule has 0 amide bonds. The molecule has 5 rings (SSSR count). The minimum atomic E-state index is -1.02. The number of aromatic nitrogens is 3. The predicted octanol–water partition coefficient (Wildman–Crippen LogP) is 5.75. The molecule has 0 saturated heterocycles. The number of methoxy groups -OCH3 is 1. The van der Waals surface area contributed by atoms with Crippen LogP contribution in [0.1, 0.15) is 27.3 Å². The molecule has 0 atom stereocenters. The third-order valence-corrected chi connectivity index (χ3v) is 6.30. The first-order valence-corrected chi connectivity index (χ1v) is 12.2. The number of carboxylic acids is 1. The van der Waals surface area contributed by atoms with Gasteiger partial charge in [0.2, 0.25) is 5.88 Å². The lowest BCUT2D eigenvalue weighted by Crippen LogP contribution is -2.10. The third kappa shape index (κ3) is 5.40. The summed E-state index contributed by atoms with van der Waals surface area (Å²) in [7, 11) is 1.59. The number of nitrogens with zero attached hydrogens (tertiary/aromatic N) is 3. The van der Waals surface area contributed by atoms with Gasteiger partial charge in [0, 0.05) is 31.8 Å². The van der Waals surface area contributed by atoms with Crippen molar-refractivity contribution >= 4 is 17.0 Å². The van der Waals surface area contributed by atoms with Crippen LogP contribution in [0.3, 0.4) is 0 Å². The van der Waals surface area contributed by atoms with Crippen molar-refractivity contribution in [1.82, 2.24) is 14.5 Å². The van der Waals surface area contributed by atoms with Crippen molar-refractivity contribution in [3.63, 3.8) is 0 Å². The Kier molecular flexibility index (Phi) is 7.42. The first-order valence-electron chi connectivity index (χ1n) is 12.2. The van der Waals surface area contributed by atoms with E-state index in [9.17, 15) is 9.90 Å². The summed E-state index contributed by atoms with van der Waals surface area (Å²) in [6.45, 7) is 1.22. The molecule has 8 heteroatoms. The maximum absolute atomic E-state index is 15.4. The molecule has 0 saturated carbocycles. The Morgan fingerprint density at radius 3 is 2.63 bits per heavy atom. The molecule has 0 fully saturated rings. The third-order valence-electron chi connectivity index (χ3n) is 6.30. The van der Waals surface area contributed by atoms with E-state index in [1.807, 2.05) is 47.0 Å². The second-order valence-electron chi connectivity index (χ2n) is 8.79. The number of carboxylic acid groups (broad SMARTS) is 1. The number of hydrogen-bond acceptors (Lipinski definition) is 5. The van der Waals surface area contributed by atoms with Gasteiger partial charge in [-0.25, -0.2) is 19.2 Å². The highest BCUT2D eigenvalue weighted by atomic mass is 19.1. The Balaban J connectivity index is 1.43. The van der Waals surface area contributed by atoms with Crippen molar-refractivity contribution in [2.75, 3.05) is 13.7 Å². The second-order valence-corrected chi connectivity index (χ2v) is 8.79. The average molecular weight is 512 g/mol. The Labute approximate surface area is 219 Å². The second kappa shape index (κ2) is 11.2. The molecule has 0 aliphatic heterocycles. The molecule has 5 aromatic rings. The summed E-state index contributed by atoms with van der Waals surface area (Å²) in [6.07, 6.45) is 1.88. The quantitative estimate of drug-likeness (QED) is 0.257. The number of carbonyl (C=O) groups is 1. The molecule has 0 bridgehead atoms. The fourth-order valence-electron chi connectivity index (χ4n) is 4.35. The van der Waals surface area contributed by atoms with E-state index in [4.69, 9.17) is 9.47 Å². The van der Waals surface area contributed by atoms with E-state index in [0.717, 1.165) is 5.56 Å². The largest absolute Gasteiger partial charge is 0.478 e. The number of fused-ring (bicyclic) bond motifs is 1. The van der Waals surface area contributed by atoms with Gasteiger partial charge in [-0.05, 0) is 53.1 Å². The first kappa shape index (κ1) is 25.1. The van der Waals surface area contributed by atoms with Crippen LogP contribution in [0.15, 0.2) is 85.1 Å². The molecule has 3 aromatic carbocycles. The van der Waals surface area contributed by atoms with Gasteiger partial charge in [-0.15, -0.1) is 0 Å². The molecule has 2 aromatic heterocycles. The Hall–Kier alpha value is -4.56. The van der Waals surface area contributed by atoms with E-state index in [-0.39, 0.29) is 17.8 Å². The van der Waals surface area contributed by atoms with Gasteiger partial charge in [-0.1, -0.05) is 42.5 Å². The van der Waals surface area contributed by atoms with Crippen LogP contribution in [0.4, 0.5) is 4.39 Å². The molecule has 1 N–H and O–H groups in total. The Morgan fingerprint density at radius 2 is 1.87 bits per heavy atom. The molecule has 7 nitrogen and oxygen atoms in total. The van der Waals surface area contributed by atoms with E-state index < -0.39 is 5.97 Å². The highest BCUT2D eigenvalue weighted by Crippen LogP contribution is 2.30. The van der Waals surface area contributed by atoms with Crippen LogP contribution in [0.5, 0.6) is 5.88 Å². The fourth-order valence-corrected chi connectivity index (χ4v) is 4.35. The Bertz CT molecular complexity index is 1580. The van der Waals surface area contributed by atoms with Gasteiger partial charge in [0.15, 0.2) is 0 Å². The average Bonchev–Trinajstić information content (AvgIpc) is 3.28.